The summed E-state index contributed by atoms with van der Waals surface area (Å²) in [4.78, 5) is 18.1. The number of nitrogens with zero attached hydrogens (tertiary/aromatic N) is 2. The number of aromatic hydroxyl groups is 1. The van der Waals surface area contributed by atoms with Gasteiger partial charge in [-0.2, -0.15) is 0 Å². The summed E-state index contributed by atoms with van der Waals surface area (Å²) in [6.45, 7) is 1.36. The second-order valence-corrected chi connectivity index (χ2v) is 6.11. The molecule has 2 aromatic rings. The van der Waals surface area contributed by atoms with E-state index in [0.29, 0.717) is 24.0 Å². The SMILES string of the molecule is O=C(Nc1ccc(Cl)cc1)N1CCC(c2cncc(O)c2)CC1. The van der Waals surface area contributed by atoms with Crippen molar-refractivity contribution in [3.63, 3.8) is 0 Å². The van der Waals surface area contributed by atoms with E-state index in [0.717, 1.165) is 24.1 Å². The van der Waals surface area contributed by atoms with E-state index < -0.39 is 0 Å². The summed E-state index contributed by atoms with van der Waals surface area (Å²) in [6.07, 6.45) is 4.93. The quantitative estimate of drug-likeness (QED) is 0.878. The summed E-state index contributed by atoms with van der Waals surface area (Å²) in [7, 11) is 0. The molecule has 1 aromatic heterocycles. The minimum Gasteiger partial charge on any atom is -0.506 e. The van der Waals surface area contributed by atoms with E-state index in [1.54, 1.807) is 41.4 Å². The van der Waals surface area contributed by atoms with Crippen LogP contribution in [0, 0.1) is 0 Å². The number of carbonyl (C=O) groups excluding carboxylic acids is 1. The monoisotopic (exact) mass is 331 g/mol. The number of benzene rings is 1. The lowest BCUT2D eigenvalue weighted by Gasteiger charge is -2.32. The van der Waals surface area contributed by atoms with Gasteiger partial charge in [0.1, 0.15) is 5.75 Å². The van der Waals surface area contributed by atoms with Crippen LogP contribution in [0.5, 0.6) is 5.75 Å². The number of carbonyl (C=O) groups is 1. The Hall–Kier alpha value is -2.27. The van der Waals surface area contributed by atoms with Crippen LogP contribution in [0.1, 0.15) is 24.3 Å². The number of piperidine rings is 1. The number of hydrogen-bond donors (Lipinski definition) is 2. The van der Waals surface area contributed by atoms with Crippen LogP contribution < -0.4 is 5.32 Å². The van der Waals surface area contributed by atoms with Crippen molar-refractivity contribution in [2.24, 2.45) is 0 Å². The second-order valence-electron chi connectivity index (χ2n) is 5.67. The van der Waals surface area contributed by atoms with Gasteiger partial charge in [0.15, 0.2) is 0 Å². The van der Waals surface area contributed by atoms with Gasteiger partial charge >= 0.3 is 6.03 Å². The molecule has 2 heterocycles. The van der Waals surface area contributed by atoms with Crippen molar-refractivity contribution in [1.82, 2.24) is 9.88 Å². The van der Waals surface area contributed by atoms with E-state index in [1.807, 2.05) is 0 Å². The number of nitrogens with one attached hydrogen (secondary N) is 1. The zero-order chi connectivity index (χ0) is 16.2. The Morgan fingerprint density at radius 1 is 1.22 bits per heavy atom. The molecule has 2 amide bonds. The molecule has 120 valence electrons. The molecule has 0 saturated carbocycles. The lowest BCUT2D eigenvalue weighted by Crippen LogP contribution is -2.40. The molecule has 5 nitrogen and oxygen atoms in total. The van der Waals surface area contributed by atoms with Gasteiger partial charge in [0.05, 0.1) is 6.20 Å². The molecule has 0 unspecified atom stereocenters. The van der Waals surface area contributed by atoms with Crippen molar-refractivity contribution in [3.8, 4) is 5.75 Å². The average molecular weight is 332 g/mol. The van der Waals surface area contributed by atoms with Gasteiger partial charge in [-0.05, 0) is 54.7 Å². The van der Waals surface area contributed by atoms with E-state index in [2.05, 4.69) is 10.3 Å². The standard InChI is InChI=1S/C17H18ClN3O2/c18-14-1-3-15(4-2-14)20-17(23)21-7-5-12(6-8-21)13-9-16(22)11-19-10-13/h1-4,9-12,22H,5-8H2,(H,20,23). The first kappa shape index (κ1) is 15.6. The molecule has 2 N–H and O–H groups in total. The summed E-state index contributed by atoms with van der Waals surface area (Å²) in [5, 5.41) is 13.0. The molecular weight excluding hydrogens is 314 g/mol. The summed E-state index contributed by atoms with van der Waals surface area (Å²) >= 11 is 5.84. The molecule has 3 rings (SSSR count). The molecule has 0 atom stereocenters. The predicted octanol–water partition coefficient (Wildman–Crippen LogP) is 3.85. The van der Waals surface area contributed by atoms with Crippen molar-refractivity contribution in [2.45, 2.75) is 18.8 Å². The Labute approximate surface area is 139 Å². The fourth-order valence-electron chi connectivity index (χ4n) is 2.82. The maximum Gasteiger partial charge on any atom is 0.321 e. The van der Waals surface area contributed by atoms with E-state index in [9.17, 15) is 9.90 Å². The molecule has 1 aliphatic rings. The highest BCUT2D eigenvalue weighted by Crippen LogP contribution is 2.29. The fraction of sp³-hybridized carbons (Fsp3) is 0.294. The van der Waals surface area contributed by atoms with Gasteiger partial charge in [-0.1, -0.05) is 11.6 Å². The number of aromatic nitrogens is 1. The maximum absolute atomic E-state index is 12.3. The van der Waals surface area contributed by atoms with Gasteiger partial charge in [-0.3, -0.25) is 4.98 Å². The van der Waals surface area contributed by atoms with Crippen LogP contribution in [-0.2, 0) is 0 Å². The van der Waals surface area contributed by atoms with Crippen molar-refractivity contribution >= 4 is 23.3 Å². The normalized spacial score (nSPS) is 15.4. The molecule has 0 bridgehead atoms. The number of urea groups is 1. The Kier molecular flexibility index (Phi) is 4.67. The average Bonchev–Trinajstić information content (AvgIpc) is 2.57. The van der Waals surface area contributed by atoms with Crippen LogP contribution in [-0.4, -0.2) is 34.1 Å². The smallest absolute Gasteiger partial charge is 0.321 e. The first-order valence-corrected chi connectivity index (χ1v) is 7.95. The molecule has 1 fully saturated rings. The third kappa shape index (κ3) is 3.93. The van der Waals surface area contributed by atoms with Crippen LogP contribution in [0.4, 0.5) is 10.5 Å². The number of hydrogen-bond acceptors (Lipinski definition) is 3. The lowest BCUT2D eigenvalue weighted by atomic mass is 9.90. The maximum atomic E-state index is 12.3. The van der Waals surface area contributed by atoms with Gasteiger partial charge in [-0.25, -0.2) is 4.79 Å². The van der Waals surface area contributed by atoms with Crippen molar-refractivity contribution < 1.29 is 9.90 Å². The van der Waals surface area contributed by atoms with Crippen LogP contribution in [0.15, 0.2) is 42.7 Å². The van der Waals surface area contributed by atoms with Crippen molar-refractivity contribution in [1.29, 1.82) is 0 Å². The van der Waals surface area contributed by atoms with Crippen LogP contribution >= 0.6 is 11.6 Å². The van der Waals surface area contributed by atoms with Gasteiger partial charge in [0.25, 0.3) is 0 Å². The van der Waals surface area contributed by atoms with E-state index in [-0.39, 0.29) is 11.8 Å². The predicted molar refractivity (Wildman–Crippen MR) is 89.9 cm³/mol. The fourth-order valence-corrected chi connectivity index (χ4v) is 2.95. The van der Waals surface area contributed by atoms with E-state index in [1.165, 1.54) is 6.20 Å². The molecule has 1 saturated heterocycles. The Bertz CT molecular complexity index is 682. The zero-order valence-electron chi connectivity index (χ0n) is 12.6. The summed E-state index contributed by atoms with van der Waals surface area (Å²) < 4.78 is 0. The molecular formula is C17H18ClN3O2. The van der Waals surface area contributed by atoms with Gasteiger partial charge < -0.3 is 15.3 Å². The van der Waals surface area contributed by atoms with Crippen LogP contribution in [0.3, 0.4) is 0 Å². The molecule has 1 aliphatic heterocycles. The Morgan fingerprint density at radius 3 is 2.57 bits per heavy atom. The Morgan fingerprint density at radius 2 is 1.91 bits per heavy atom. The summed E-state index contributed by atoms with van der Waals surface area (Å²) in [5.41, 5.74) is 1.77. The van der Waals surface area contributed by atoms with Crippen LogP contribution in [0.2, 0.25) is 5.02 Å². The summed E-state index contributed by atoms with van der Waals surface area (Å²) in [5.74, 6) is 0.514. The van der Waals surface area contributed by atoms with E-state index in [4.69, 9.17) is 11.6 Å². The van der Waals surface area contributed by atoms with Gasteiger partial charge in [0.2, 0.25) is 0 Å². The topological polar surface area (TPSA) is 65.5 Å². The highest BCUT2D eigenvalue weighted by molar-refractivity contribution is 6.30. The molecule has 0 spiro atoms. The third-order valence-electron chi connectivity index (χ3n) is 4.09. The second kappa shape index (κ2) is 6.87. The lowest BCUT2D eigenvalue weighted by molar-refractivity contribution is 0.194. The highest BCUT2D eigenvalue weighted by Gasteiger charge is 2.24. The third-order valence-corrected chi connectivity index (χ3v) is 4.35. The van der Waals surface area contributed by atoms with Crippen molar-refractivity contribution in [3.05, 3.63) is 53.3 Å². The number of rotatable bonds is 2. The largest absolute Gasteiger partial charge is 0.506 e. The number of pyridine rings is 1. The summed E-state index contributed by atoms with van der Waals surface area (Å²) in [6, 6.07) is 8.72. The number of halogens is 1. The minimum atomic E-state index is -0.0974. The van der Waals surface area contributed by atoms with Gasteiger partial charge in [0, 0.05) is 30.0 Å². The van der Waals surface area contributed by atoms with E-state index >= 15 is 0 Å². The number of amides is 2. The number of anilines is 1. The Balaban J connectivity index is 1.56. The molecule has 6 heteroatoms. The molecule has 23 heavy (non-hydrogen) atoms. The van der Waals surface area contributed by atoms with Crippen LogP contribution in [0.25, 0.3) is 0 Å². The minimum absolute atomic E-state index is 0.0974. The molecule has 1 aromatic carbocycles. The first-order valence-electron chi connectivity index (χ1n) is 7.57. The first-order chi connectivity index (χ1) is 11.1. The van der Waals surface area contributed by atoms with Crippen molar-refractivity contribution in [2.75, 3.05) is 18.4 Å². The molecule has 0 aliphatic carbocycles. The molecule has 0 radical (unpaired) electrons. The number of likely N-dealkylation sites (tertiary alicyclic amines) is 1. The van der Waals surface area contributed by atoms with Gasteiger partial charge in [-0.15, -0.1) is 0 Å². The highest BCUT2D eigenvalue weighted by atomic mass is 35.5. The zero-order valence-corrected chi connectivity index (χ0v) is 13.3.